The number of carbonyl (C=O) groups is 1. The molecule has 4 rings (SSSR count). The molecule has 2 N–H and O–H groups in total. The van der Waals surface area contributed by atoms with Crippen LogP contribution in [0, 0.1) is 3.57 Å². The van der Waals surface area contributed by atoms with Gasteiger partial charge in [0.15, 0.2) is 5.65 Å². The van der Waals surface area contributed by atoms with Crippen LogP contribution in [0.1, 0.15) is 40.4 Å². The van der Waals surface area contributed by atoms with Gasteiger partial charge in [0.05, 0.1) is 33.0 Å². The highest BCUT2D eigenvalue weighted by Crippen LogP contribution is 2.29. The molecular formula is C22H17F3IN7O. The van der Waals surface area contributed by atoms with Crippen molar-refractivity contribution in [2.45, 2.75) is 25.7 Å². The van der Waals surface area contributed by atoms with E-state index in [-0.39, 0.29) is 17.8 Å². The van der Waals surface area contributed by atoms with Crippen LogP contribution in [0.3, 0.4) is 0 Å². The van der Waals surface area contributed by atoms with Gasteiger partial charge in [0, 0.05) is 30.2 Å². The van der Waals surface area contributed by atoms with Crippen LogP contribution in [-0.4, -0.2) is 35.7 Å². The second-order valence-corrected chi connectivity index (χ2v) is 8.54. The van der Waals surface area contributed by atoms with E-state index in [0.717, 1.165) is 12.3 Å². The Bertz CT molecular complexity index is 1330. The first-order chi connectivity index (χ1) is 16.1. The van der Waals surface area contributed by atoms with E-state index in [1.54, 1.807) is 37.5 Å². The van der Waals surface area contributed by atoms with Crippen molar-refractivity contribution in [1.29, 1.82) is 0 Å². The average Bonchev–Trinajstić information content (AvgIpc) is 2.82. The lowest BCUT2D eigenvalue weighted by atomic mass is 10.1. The molecule has 4 aromatic rings. The number of nitrogen functional groups attached to an aromatic ring is 1. The second kappa shape index (κ2) is 9.44. The quantitative estimate of drug-likeness (QED) is 0.349. The fraction of sp³-hybridized carbons (Fsp3) is 0.182. The van der Waals surface area contributed by atoms with E-state index in [1.807, 2.05) is 22.6 Å². The standard InChI is InChI=1S/C22H17F3IN7O/c1-12(19-28-5-2-6-29-19)33(11-16-4-3-15(10-30-16)22(23,24)25)21(34)14-7-13-8-17(26)18(27)32-20(13)31-9-14/h2-10,12H,11H2,1H3,(H2,27,31,32)/t12-/m1/s1. The Hall–Kier alpha value is -3.42. The van der Waals surface area contributed by atoms with E-state index in [2.05, 4.69) is 24.9 Å². The van der Waals surface area contributed by atoms with Gasteiger partial charge in [-0.05, 0) is 59.8 Å². The molecule has 174 valence electrons. The van der Waals surface area contributed by atoms with Crippen molar-refractivity contribution in [2.24, 2.45) is 0 Å². The first kappa shape index (κ1) is 23.7. The summed E-state index contributed by atoms with van der Waals surface area (Å²) in [6.07, 6.45) is 0.728. The van der Waals surface area contributed by atoms with E-state index in [4.69, 9.17) is 5.73 Å². The average molecular weight is 579 g/mol. The zero-order valence-electron chi connectivity index (χ0n) is 17.7. The van der Waals surface area contributed by atoms with Crippen molar-refractivity contribution < 1.29 is 18.0 Å². The van der Waals surface area contributed by atoms with E-state index in [9.17, 15) is 18.0 Å². The largest absolute Gasteiger partial charge is 0.417 e. The topological polar surface area (TPSA) is 111 Å². The summed E-state index contributed by atoms with van der Waals surface area (Å²) in [4.78, 5) is 35.8. The third-order valence-corrected chi connectivity index (χ3v) is 5.93. The first-order valence-electron chi connectivity index (χ1n) is 9.95. The number of nitrogens with zero attached hydrogens (tertiary/aromatic N) is 6. The molecule has 0 aromatic carbocycles. The molecule has 0 fully saturated rings. The number of alkyl halides is 3. The van der Waals surface area contributed by atoms with Crippen LogP contribution in [0.4, 0.5) is 19.0 Å². The third kappa shape index (κ3) is 5.05. The van der Waals surface area contributed by atoms with E-state index in [1.165, 1.54) is 17.2 Å². The van der Waals surface area contributed by atoms with Crippen molar-refractivity contribution in [2.75, 3.05) is 5.73 Å². The van der Waals surface area contributed by atoms with Crippen molar-refractivity contribution >= 4 is 45.3 Å². The number of halogens is 4. The van der Waals surface area contributed by atoms with Gasteiger partial charge in [-0.2, -0.15) is 13.2 Å². The van der Waals surface area contributed by atoms with Crippen molar-refractivity contribution in [3.8, 4) is 0 Å². The lowest BCUT2D eigenvalue weighted by molar-refractivity contribution is -0.137. The summed E-state index contributed by atoms with van der Waals surface area (Å²) in [7, 11) is 0. The minimum absolute atomic E-state index is 0.0635. The van der Waals surface area contributed by atoms with Gasteiger partial charge in [0.2, 0.25) is 0 Å². The van der Waals surface area contributed by atoms with Gasteiger partial charge in [0.25, 0.3) is 5.91 Å². The second-order valence-electron chi connectivity index (χ2n) is 7.38. The van der Waals surface area contributed by atoms with Gasteiger partial charge >= 0.3 is 6.18 Å². The molecule has 0 saturated heterocycles. The summed E-state index contributed by atoms with van der Waals surface area (Å²) in [5, 5.41) is 0.626. The van der Waals surface area contributed by atoms with Crippen molar-refractivity contribution in [3.63, 3.8) is 0 Å². The van der Waals surface area contributed by atoms with Crippen LogP contribution in [0.5, 0.6) is 0 Å². The molecule has 0 aliphatic heterocycles. The molecule has 34 heavy (non-hydrogen) atoms. The fourth-order valence-corrected chi connectivity index (χ4v) is 3.70. The highest BCUT2D eigenvalue weighted by atomic mass is 127. The molecule has 0 unspecified atom stereocenters. The van der Waals surface area contributed by atoms with Crippen LogP contribution >= 0.6 is 22.6 Å². The molecule has 1 amide bonds. The van der Waals surface area contributed by atoms with Gasteiger partial charge in [-0.25, -0.2) is 19.9 Å². The minimum Gasteiger partial charge on any atom is -0.383 e. The van der Waals surface area contributed by atoms with Crippen LogP contribution in [0.2, 0.25) is 0 Å². The Kier molecular flexibility index (Phi) is 6.59. The number of aromatic nitrogens is 5. The zero-order valence-corrected chi connectivity index (χ0v) is 19.8. The SMILES string of the molecule is C[C@H](c1ncccn1)N(Cc1ccc(C(F)(F)F)cn1)C(=O)c1cnc2nc(N)c(I)cc2c1. The van der Waals surface area contributed by atoms with E-state index >= 15 is 0 Å². The number of anilines is 1. The number of hydrogen-bond acceptors (Lipinski definition) is 7. The Morgan fingerprint density at radius 2 is 1.85 bits per heavy atom. The molecule has 0 radical (unpaired) electrons. The maximum Gasteiger partial charge on any atom is 0.417 e. The Morgan fingerprint density at radius 3 is 2.50 bits per heavy atom. The monoisotopic (exact) mass is 579 g/mol. The van der Waals surface area contributed by atoms with Crippen molar-refractivity contribution in [3.05, 3.63) is 81.3 Å². The van der Waals surface area contributed by atoms with Gasteiger partial charge in [-0.3, -0.25) is 9.78 Å². The number of hydrogen-bond donors (Lipinski definition) is 1. The van der Waals surface area contributed by atoms with Crippen molar-refractivity contribution in [1.82, 2.24) is 29.8 Å². The molecule has 0 aliphatic carbocycles. The number of fused-ring (bicyclic) bond motifs is 1. The molecule has 0 bridgehead atoms. The Labute approximate surface area is 205 Å². The van der Waals surface area contributed by atoms with Gasteiger partial charge < -0.3 is 10.6 Å². The molecule has 0 saturated carbocycles. The maximum atomic E-state index is 13.6. The van der Waals surface area contributed by atoms with E-state index < -0.39 is 23.7 Å². The molecule has 1 atom stereocenters. The Balaban J connectivity index is 1.70. The molecular weight excluding hydrogens is 562 g/mol. The summed E-state index contributed by atoms with van der Waals surface area (Å²) in [5.74, 6) is 0.299. The summed E-state index contributed by atoms with van der Waals surface area (Å²) in [6, 6.07) is 6.64. The van der Waals surface area contributed by atoms with Crippen LogP contribution in [0.15, 0.2) is 55.1 Å². The minimum atomic E-state index is -4.50. The molecule has 0 spiro atoms. The predicted molar refractivity (Wildman–Crippen MR) is 126 cm³/mol. The summed E-state index contributed by atoms with van der Waals surface area (Å²) in [6.45, 7) is 1.67. The number of amides is 1. The maximum absolute atomic E-state index is 13.6. The van der Waals surface area contributed by atoms with Gasteiger partial charge in [0.1, 0.15) is 11.6 Å². The lowest BCUT2D eigenvalue weighted by Crippen LogP contribution is -2.34. The molecule has 8 nitrogen and oxygen atoms in total. The number of pyridine rings is 3. The van der Waals surface area contributed by atoms with Crippen LogP contribution in [0.25, 0.3) is 11.0 Å². The highest BCUT2D eigenvalue weighted by Gasteiger charge is 2.31. The highest BCUT2D eigenvalue weighted by molar-refractivity contribution is 14.1. The molecule has 0 aliphatic rings. The predicted octanol–water partition coefficient (Wildman–Crippen LogP) is 4.42. The third-order valence-electron chi connectivity index (χ3n) is 5.07. The summed E-state index contributed by atoms with van der Waals surface area (Å²) >= 11 is 2.04. The van der Waals surface area contributed by atoms with Gasteiger partial charge in [-0.1, -0.05) is 0 Å². The molecule has 4 aromatic heterocycles. The number of carbonyl (C=O) groups excluding carboxylic acids is 1. The van der Waals surface area contributed by atoms with E-state index in [0.29, 0.717) is 26.2 Å². The molecule has 12 heteroatoms. The normalized spacial score (nSPS) is 12.5. The van der Waals surface area contributed by atoms with Crippen LogP contribution in [-0.2, 0) is 12.7 Å². The first-order valence-corrected chi connectivity index (χ1v) is 11.0. The van der Waals surface area contributed by atoms with Gasteiger partial charge in [-0.15, -0.1) is 0 Å². The summed E-state index contributed by atoms with van der Waals surface area (Å²) < 4.78 is 39.5. The smallest absolute Gasteiger partial charge is 0.383 e. The molecule has 4 heterocycles. The summed E-state index contributed by atoms with van der Waals surface area (Å²) in [5.41, 5.74) is 5.91. The zero-order chi connectivity index (χ0) is 24.5. The fourth-order valence-electron chi connectivity index (χ4n) is 3.25. The lowest BCUT2D eigenvalue weighted by Gasteiger charge is -2.28. The number of rotatable bonds is 5. The number of nitrogens with two attached hydrogens (primary N) is 1. The van der Waals surface area contributed by atoms with Crippen LogP contribution < -0.4 is 5.73 Å². The Morgan fingerprint density at radius 1 is 1.12 bits per heavy atom.